The van der Waals surface area contributed by atoms with Gasteiger partial charge in [-0.25, -0.2) is 0 Å². The van der Waals surface area contributed by atoms with Crippen molar-refractivity contribution in [2.45, 2.75) is 25.2 Å². The number of aromatic hydroxyl groups is 1. The summed E-state index contributed by atoms with van der Waals surface area (Å²) in [6.45, 7) is 0. The van der Waals surface area contributed by atoms with Crippen molar-refractivity contribution in [2.24, 2.45) is 5.73 Å². The van der Waals surface area contributed by atoms with E-state index in [-0.39, 0.29) is 40.5 Å². The molecule has 0 bridgehead atoms. The first kappa shape index (κ1) is 17.3. The molecule has 0 fully saturated rings. The Labute approximate surface area is 148 Å². The largest absolute Gasteiger partial charge is 0.504 e. The van der Waals surface area contributed by atoms with Gasteiger partial charge in [0, 0.05) is 24.5 Å². The van der Waals surface area contributed by atoms with E-state index in [1.807, 2.05) is 6.07 Å². The molecule has 0 aromatic heterocycles. The zero-order chi connectivity index (χ0) is 19.0. The molecule has 3 N–H and O–H groups in total. The first-order valence-electron chi connectivity index (χ1n) is 7.78. The lowest BCUT2D eigenvalue weighted by molar-refractivity contribution is -0.385. The quantitative estimate of drug-likeness (QED) is 0.617. The van der Waals surface area contributed by atoms with Gasteiger partial charge >= 0.3 is 5.69 Å². The van der Waals surface area contributed by atoms with Gasteiger partial charge in [-0.1, -0.05) is 0 Å². The van der Waals surface area contributed by atoms with Gasteiger partial charge in [0.15, 0.2) is 11.5 Å². The summed E-state index contributed by atoms with van der Waals surface area (Å²) in [5.74, 6) is -1.71. The fourth-order valence-electron chi connectivity index (χ4n) is 3.32. The summed E-state index contributed by atoms with van der Waals surface area (Å²) in [6, 6.07) is 4.32. The third kappa shape index (κ3) is 2.61. The monoisotopic (exact) mass is 357 g/mol. The third-order valence-corrected chi connectivity index (χ3v) is 4.41. The highest BCUT2D eigenvalue weighted by Gasteiger charge is 2.39. The second kappa shape index (κ2) is 6.40. The molecule has 1 aliphatic heterocycles. The lowest BCUT2D eigenvalue weighted by Crippen LogP contribution is -2.27. The maximum atomic E-state index is 12.5. The molecule has 3 rings (SSSR count). The number of rotatable bonds is 3. The number of ether oxygens (including phenoxy) is 2. The predicted octanol–water partition coefficient (Wildman–Crippen LogP) is 2.12. The highest BCUT2D eigenvalue weighted by molar-refractivity contribution is 5.99. The minimum atomic E-state index is -0.938. The number of benzene rings is 1. The number of ketones is 1. The van der Waals surface area contributed by atoms with Gasteiger partial charge in [-0.15, -0.1) is 0 Å². The van der Waals surface area contributed by atoms with E-state index in [4.69, 9.17) is 15.2 Å². The summed E-state index contributed by atoms with van der Waals surface area (Å²) in [5, 5.41) is 31.0. The van der Waals surface area contributed by atoms with Gasteiger partial charge in [0.2, 0.25) is 11.6 Å². The molecule has 1 atom stereocenters. The van der Waals surface area contributed by atoms with Crippen molar-refractivity contribution in [3.05, 3.63) is 50.6 Å². The Morgan fingerprint density at radius 3 is 2.81 bits per heavy atom. The number of hydrogen-bond acceptors (Lipinski definition) is 8. The zero-order valence-electron chi connectivity index (χ0n) is 13.8. The van der Waals surface area contributed by atoms with Crippen LogP contribution < -0.4 is 10.5 Å². The van der Waals surface area contributed by atoms with Gasteiger partial charge in [0.1, 0.15) is 17.4 Å². The fourth-order valence-corrected chi connectivity index (χ4v) is 3.32. The van der Waals surface area contributed by atoms with E-state index >= 15 is 0 Å². The van der Waals surface area contributed by atoms with Crippen molar-refractivity contribution in [3.8, 4) is 17.6 Å². The predicted molar refractivity (Wildman–Crippen MR) is 87.8 cm³/mol. The van der Waals surface area contributed by atoms with Crippen LogP contribution in [0.25, 0.3) is 0 Å². The summed E-state index contributed by atoms with van der Waals surface area (Å²) in [5.41, 5.74) is 5.77. The van der Waals surface area contributed by atoms with Gasteiger partial charge in [0.05, 0.1) is 18.0 Å². The number of nitro groups is 1. The molecule has 26 heavy (non-hydrogen) atoms. The SMILES string of the molecule is COc1c(O)cc([C@H]2C(C#N)=C(N)OC3=C2C(=O)CCC3)cc1[N+](=O)[O-]. The second-order valence-corrected chi connectivity index (χ2v) is 5.89. The zero-order valence-corrected chi connectivity index (χ0v) is 13.8. The maximum Gasteiger partial charge on any atom is 0.315 e. The smallest absolute Gasteiger partial charge is 0.315 e. The topological polar surface area (TPSA) is 149 Å². The van der Waals surface area contributed by atoms with Crippen LogP contribution >= 0.6 is 0 Å². The number of Topliss-reactive ketones (excluding diaryl/α,β-unsaturated/α-hetero) is 1. The first-order chi connectivity index (χ1) is 12.4. The van der Waals surface area contributed by atoms with E-state index in [9.17, 15) is 25.3 Å². The molecule has 2 aliphatic rings. The highest BCUT2D eigenvalue weighted by Crippen LogP contribution is 2.47. The standard InChI is InChI=1S/C17H15N3O6/c1-25-16-10(20(23)24)5-8(6-12(16)22)14-9(7-18)17(19)26-13-4-2-3-11(21)15(13)14/h5-6,14,22H,2-4,19H2,1H3/t14-/m0/s1. The van der Waals surface area contributed by atoms with Crippen LogP contribution in [-0.4, -0.2) is 22.9 Å². The Bertz CT molecular complexity index is 925. The summed E-state index contributed by atoms with van der Waals surface area (Å²) >= 11 is 0. The van der Waals surface area contributed by atoms with Gasteiger partial charge < -0.3 is 20.3 Å². The number of phenols is 1. The van der Waals surface area contributed by atoms with Gasteiger partial charge in [-0.3, -0.25) is 14.9 Å². The van der Waals surface area contributed by atoms with Crippen LogP contribution in [0.15, 0.2) is 34.9 Å². The Kier molecular flexibility index (Phi) is 4.26. The number of nitrogens with two attached hydrogens (primary N) is 1. The Balaban J connectivity index is 2.26. The van der Waals surface area contributed by atoms with Crippen molar-refractivity contribution in [1.82, 2.24) is 0 Å². The van der Waals surface area contributed by atoms with Gasteiger partial charge in [-0.2, -0.15) is 5.26 Å². The molecule has 0 saturated heterocycles. The fraction of sp³-hybridized carbons (Fsp3) is 0.294. The van der Waals surface area contributed by atoms with Crippen LogP contribution in [0, 0.1) is 21.4 Å². The van der Waals surface area contributed by atoms with Gasteiger partial charge in [0.25, 0.3) is 0 Å². The number of carbonyl (C=O) groups is 1. The molecule has 1 aromatic carbocycles. The van der Waals surface area contributed by atoms with E-state index in [1.165, 1.54) is 19.2 Å². The van der Waals surface area contributed by atoms with E-state index < -0.39 is 22.3 Å². The minimum Gasteiger partial charge on any atom is -0.504 e. The molecule has 1 aliphatic carbocycles. The molecule has 1 heterocycles. The van der Waals surface area contributed by atoms with Crippen LogP contribution in [0.4, 0.5) is 5.69 Å². The molecule has 0 saturated carbocycles. The third-order valence-electron chi connectivity index (χ3n) is 4.41. The average molecular weight is 357 g/mol. The number of nitro benzene ring substituents is 1. The molecular formula is C17H15N3O6. The summed E-state index contributed by atoms with van der Waals surface area (Å²) in [7, 11) is 1.19. The molecule has 134 valence electrons. The van der Waals surface area contributed by atoms with Crippen LogP contribution in [0.2, 0.25) is 0 Å². The number of carbonyl (C=O) groups excluding carboxylic acids is 1. The van der Waals surface area contributed by atoms with Crippen LogP contribution in [0.5, 0.6) is 11.5 Å². The lowest BCUT2D eigenvalue weighted by Gasteiger charge is -2.31. The highest BCUT2D eigenvalue weighted by atomic mass is 16.6. The van der Waals surface area contributed by atoms with Crippen LogP contribution in [-0.2, 0) is 9.53 Å². The van der Waals surface area contributed by atoms with Crippen LogP contribution in [0.3, 0.4) is 0 Å². The van der Waals surface area contributed by atoms with E-state index in [0.29, 0.717) is 18.6 Å². The molecule has 0 unspecified atom stereocenters. The van der Waals surface area contributed by atoms with Gasteiger partial charge in [-0.05, 0) is 18.1 Å². The minimum absolute atomic E-state index is 0.0298. The molecule has 9 nitrogen and oxygen atoms in total. The number of phenolic OH excluding ortho intramolecular Hbond substituents is 1. The van der Waals surface area contributed by atoms with Crippen molar-refractivity contribution in [3.63, 3.8) is 0 Å². The second-order valence-electron chi connectivity index (χ2n) is 5.89. The summed E-state index contributed by atoms with van der Waals surface area (Å²) < 4.78 is 10.3. The molecule has 0 amide bonds. The normalized spacial score (nSPS) is 19.5. The number of allylic oxidation sites excluding steroid dienone is 3. The summed E-state index contributed by atoms with van der Waals surface area (Å²) in [6.07, 6.45) is 1.34. The van der Waals surface area contributed by atoms with Crippen molar-refractivity contribution in [2.75, 3.05) is 7.11 Å². The maximum absolute atomic E-state index is 12.5. The first-order valence-corrected chi connectivity index (χ1v) is 7.78. The van der Waals surface area contributed by atoms with E-state index in [1.54, 1.807) is 0 Å². The van der Waals surface area contributed by atoms with Crippen molar-refractivity contribution >= 4 is 11.5 Å². The molecular weight excluding hydrogens is 342 g/mol. The number of hydrogen-bond donors (Lipinski definition) is 2. The number of nitriles is 1. The average Bonchev–Trinajstić information content (AvgIpc) is 2.59. The Morgan fingerprint density at radius 2 is 2.19 bits per heavy atom. The Hall–Kier alpha value is -3.54. The molecule has 0 radical (unpaired) electrons. The molecule has 0 spiro atoms. The number of nitrogens with zero attached hydrogens (tertiary/aromatic N) is 2. The van der Waals surface area contributed by atoms with Crippen molar-refractivity contribution in [1.29, 1.82) is 5.26 Å². The Morgan fingerprint density at radius 1 is 1.46 bits per heavy atom. The van der Waals surface area contributed by atoms with E-state index in [2.05, 4.69) is 0 Å². The van der Waals surface area contributed by atoms with Crippen LogP contribution in [0.1, 0.15) is 30.7 Å². The molecule has 9 heteroatoms. The van der Waals surface area contributed by atoms with Crippen molar-refractivity contribution < 1.29 is 24.3 Å². The summed E-state index contributed by atoms with van der Waals surface area (Å²) in [4.78, 5) is 23.1. The number of methoxy groups -OCH3 is 1. The van der Waals surface area contributed by atoms with E-state index in [0.717, 1.165) is 0 Å². The lowest BCUT2D eigenvalue weighted by atomic mass is 9.77. The molecule has 1 aromatic rings.